The van der Waals surface area contributed by atoms with Crippen LogP contribution in [-0.4, -0.2) is 16.1 Å². The first-order valence-electron chi connectivity index (χ1n) is 5.91. The van der Waals surface area contributed by atoms with E-state index in [2.05, 4.69) is 4.98 Å². The maximum Gasteiger partial charge on any atom is 0.303 e. The van der Waals surface area contributed by atoms with Crippen molar-refractivity contribution >= 4 is 17.3 Å². The van der Waals surface area contributed by atoms with Crippen molar-refractivity contribution in [2.45, 2.75) is 50.9 Å². The molecular formula is C12H17NO2S. The third-order valence-electron chi connectivity index (χ3n) is 3.22. The van der Waals surface area contributed by atoms with Gasteiger partial charge in [-0.05, 0) is 18.8 Å². The van der Waals surface area contributed by atoms with E-state index in [0.29, 0.717) is 12.3 Å². The van der Waals surface area contributed by atoms with Crippen LogP contribution in [0.4, 0.5) is 0 Å². The molecule has 0 amide bonds. The lowest BCUT2D eigenvalue weighted by Gasteiger charge is -2.21. The summed E-state index contributed by atoms with van der Waals surface area (Å²) in [6.45, 7) is 0. The minimum atomic E-state index is -0.734. The van der Waals surface area contributed by atoms with Crippen LogP contribution in [0.3, 0.4) is 0 Å². The highest BCUT2D eigenvalue weighted by molar-refractivity contribution is 7.09. The molecule has 0 unspecified atom stereocenters. The molecule has 1 aromatic heterocycles. The van der Waals surface area contributed by atoms with E-state index in [1.807, 2.05) is 5.51 Å². The van der Waals surface area contributed by atoms with Crippen LogP contribution in [0.1, 0.15) is 55.0 Å². The fourth-order valence-corrected chi connectivity index (χ4v) is 3.40. The molecule has 2 rings (SSSR count). The van der Waals surface area contributed by atoms with Gasteiger partial charge in [-0.1, -0.05) is 19.3 Å². The molecule has 0 spiro atoms. The second-order valence-corrected chi connectivity index (χ2v) is 5.28. The quantitative estimate of drug-likeness (QED) is 0.877. The molecule has 0 bridgehead atoms. The molecule has 1 aliphatic rings. The predicted molar refractivity (Wildman–Crippen MR) is 63.9 cm³/mol. The maximum atomic E-state index is 10.6. The lowest BCUT2D eigenvalue weighted by atomic mass is 9.87. The van der Waals surface area contributed by atoms with Crippen LogP contribution in [-0.2, 0) is 11.2 Å². The summed E-state index contributed by atoms with van der Waals surface area (Å²) in [5.74, 6) is -0.0901. The Morgan fingerprint density at radius 3 is 2.88 bits per heavy atom. The van der Waals surface area contributed by atoms with Gasteiger partial charge in [-0.3, -0.25) is 4.79 Å². The number of aliphatic carboxylic acids is 1. The van der Waals surface area contributed by atoms with Crippen LogP contribution in [0.25, 0.3) is 0 Å². The molecule has 1 heterocycles. The van der Waals surface area contributed by atoms with Gasteiger partial charge in [-0.2, -0.15) is 0 Å². The van der Waals surface area contributed by atoms with Gasteiger partial charge in [0, 0.05) is 11.3 Å². The van der Waals surface area contributed by atoms with Crippen molar-refractivity contribution in [1.82, 2.24) is 4.98 Å². The van der Waals surface area contributed by atoms with E-state index in [9.17, 15) is 4.79 Å². The van der Waals surface area contributed by atoms with Crippen LogP contribution in [0.2, 0.25) is 0 Å². The fraction of sp³-hybridized carbons (Fsp3) is 0.667. The summed E-state index contributed by atoms with van der Waals surface area (Å²) >= 11 is 1.70. The number of nitrogens with zero attached hydrogens (tertiary/aromatic N) is 1. The zero-order chi connectivity index (χ0) is 11.4. The Bertz CT molecular complexity index is 356. The van der Waals surface area contributed by atoms with Crippen molar-refractivity contribution in [3.63, 3.8) is 0 Å². The molecule has 4 heteroatoms. The van der Waals surface area contributed by atoms with Crippen LogP contribution < -0.4 is 0 Å². The molecule has 1 saturated carbocycles. The fourth-order valence-electron chi connectivity index (χ4n) is 2.39. The molecule has 0 atom stereocenters. The third kappa shape index (κ3) is 2.82. The molecule has 1 aromatic rings. The Balaban J connectivity index is 2.02. The standard InChI is InChI=1S/C12H17NO2S/c14-11(15)7-6-10-12(16-8-13-10)9-4-2-1-3-5-9/h8-9H,1-7H2,(H,14,15). The Morgan fingerprint density at radius 1 is 1.44 bits per heavy atom. The summed E-state index contributed by atoms with van der Waals surface area (Å²) in [6, 6.07) is 0. The molecule has 88 valence electrons. The maximum absolute atomic E-state index is 10.6. The third-order valence-corrected chi connectivity index (χ3v) is 4.26. The second-order valence-electron chi connectivity index (χ2n) is 4.39. The highest BCUT2D eigenvalue weighted by Gasteiger charge is 2.20. The molecule has 16 heavy (non-hydrogen) atoms. The van der Waals surface area contributed by atoms with Gasteiger partial charge in [0.15, 0.2) is 0 Å². The highest BCUT2D eigenvalue weighted by Crippen LogP contribution is 2.36. The lowest BCUT2D eigenvalue weighted by Crippen LogP contribution is -2.06. The summed E-state index contributed by atoms with van der Waals surface area (Å²) in [7, 11) is 0. The van der Waals surface area contributed by atoms with E-state index in [1.54, 1.807) is 11.3 Å². The lowest BCUT2D eigenvalue weighted by molar-refractivity contribution is -0.136. The van der Waals surface area contributed by atoms with Gasteiger partial charge in [0.2, 0.25) is 0 Å². The van der Waals surface area contributed by atoms with Gasteiger partial charge in [-0.25, -0.2) is 4.98 Å². The molecule has 1 N–H and O–H groups in total. The molecule has 0 aliphatic heterocycles. The van der Waals surface area contributed by atoms with Gasteiger partial charge in [0.1, 0.15) is 0 Å². The largest absolute Gasteiger partial charge is 0.481 e. The van der Waals surface area contributed by atoms with Crippen LogP contribution in [0.5, 0.6) is 0 Å². The summed E-state index contributed by atoms with van der Waals surface area (Å²) in [6.07, 6.45) is 7.25. The molecule has 0 radical (unpaired) electrons. The minimum Gasteiger partial charge on any atom is -0.481 e. The monoisotopic (exact) mass is 239 g/mol. The van der Waals surface area contributed by atoms with Crippen molar-refractivity contribution in [2.24, 2.45) is 0 Å². The van der Waals surface area contributed by atoms with Gasteiger partial charge in [0.05, 0.1) is 17.6 Å². The first-order chi connectivity index (χ1) is 7.77. The van der Waals surface area contributed by atoms with Crippen molar-refractivity contribution in [2.75, 3.05) is 0 Å². The Labute approximate surface area is 99.5 Å². The van der Waals surface area contributed by atoms with Crippen molar-refractivity contribution in [3.05, 3.63) is 16.1 Å². The zero-order valence-corrected chi connectivity index (χ0v) is 10.1. The van der Waals surface area contributed by atoms with Gasteiger partial charge >= 0.3 is 5.97 Å². The average Bonchev–Trinajstić information content (AvgIpc) is 2.75. The number of thiazole rings is 1. The van der Waals surface area contributed by atoms with E-state index < -0.39 is 5.97 Å². The molecule has 0 saturated heterocycles. The highest BCUT2D eigenvalue weighted by atomic mass is 32.1. The van der Waals surface area contributed by atoms with Crippen molar-refractivity contribution < 1.29 is 9.90 Å². The number of rotatable bonds is 4. The molecule has 3 nitrogen and oxygen atoms in total. The first-order valence-corrected chi connectivity index (χ1v) is 6.79. The average molecular weight is 239 g/mol. The number of hydrogen-bond donors (Lipinski definition) is 1. The number of carbonyl (C=O) groups is 1. The number of hydrogen-bond acceptors (Lipinski definition) is 3. The Kier molecular flexibility index (Phi) is 3.93. The number of aromatic nitrogens is 1. The van der Waals surface area contributed by atoms with Crippen LogP contribution >= 0.6 is 11.3 Å². The van der Waals surface area contributed by atoms with E-state index in [1.165, 1.54) is 37.0 Å². The summed E-state index contributed by atoms with van der Waals surface area (Å²) < 4.78 is 0. The van der Waals surface area contributed by atoms with Crippen LogP contribution in [0.15, 0.2) is 5.51 Å². The van der Waals surface area contributed by atoms with Crippen molar-refractivity contribution in [1.29, 1.82) is 0 Å². The molecule has 1 fully saturated rings. The minimum absolute atomic E-state index is 0.198. The predicted octanol–water partition coefficient (Wildman–Crippen LogP) is 3.21. The van der Waals surface area contributed by atoms with E-state index in [0.717, 1.165) is 5.69 Å². The number of aryl methyl sites for hydroxylation is 1. The Hall–Kier alpha value is -0.900. The van der Waals surface area contributed by atoms with Gasteiger partial charge in [0.25, 0.3) is 0 Å². The molecule has 0 aromatic carbocycles. The van der Waals surface area contributed by atoms with E-state index >= 15 is 0 Å². The number of carboxylic acid groups (broad SMARTS) is 1. The Morgan fingerprint density at radius 2 is 2.19 bits per heavy atom. The SMILES string of the molecule is O=C(O)CCc1ncsc1C1CCCCC1. The molecule has 1 aliphatic carbocycles. The first kappa shape index (κ1) is 11.6. The van der Waals surface area contributed by atoms with E-state index in [-0.39, 0.29) is 6.42 Å². The van der Waals surface area contributed by atoms with Gasteiger partial charge in [-0.15, -0.1) is 11.3 Å². The van der Waals surface area contributed by atoms with Crippen LogP contribution in [0, 0.1) is 0 Å². The zero-order valence-electron chi connectivity index (χ0n) is 9.32. The van der Waals surface area contributed by atoms with E-state index in [4.69, 9.17) is 5.11 Å². The summed E-state index contributed by atoms with van der Waals surface area (Å²) in [5, 5.41) is 8.69. The normalized spacial score (nSPS) is 17.5. The summed E-state index contributed by atoms with van der Waals surface area (Å²) in [4.78, 5) is 16.2. The topological polar surface area (TPSA) is 50.2 Å². The van der Waals surface area contributed by atoms with Crippen molar-refractivity contribution in [3.8, 4) is 0 Å². The summed E-state index contributed by atoms with van der Waals surface area (Å²) in [5.41, 5.74) is 2.89. The number of carboxylic acids is 1. The smallest absolute Gasteiger partial charge is 0.303 e. The second kappa shape index (κ2) is 5.43. The van der Waals surface area contributed by atoms with Gasteiger partial charge < -0.3 is 5.11 Å². The molecular weight excluding hydrogens is 222 g/mol.